The molecule has 0 aromatic carbocycles. The van der Waals surface area contributed by atoms with E-state index in [4.69, 9.17) is 11.6 Å². The van der Waals surface area contributed by atoms with Crippen molar-refractivity contribution in [2.24, 2.45) is 0 Å². The highest BCUT2D eigenvalue weighted by Crippen LogP contribution is 2.08. The van der Waals surface area contributed by atoms with E-state index in [1.807, 2.05) is 0 Å². The van der Waals surface area contributed by atoms with E-state index in [9.17, 15) is 0 Å². The highest BCUT2D eigenvalue weighted by molar-refractivity contribution is 6.17. The minimum absolute atomic E-state index is 0.739. The molecule has 1 aromatic rings. The van der Waals surface area contributed by atoms with Crippen LogP contribution in [0.1, 0.15) is 12.2 Å². The van der Waals surface area contributed by atoms with Crippen LogP contribution < -0.4 is 0 Å². The summed E-state index contributed by atoms with van der Waals surface area (Å²) in [5, 5.41) is 7.93. The molecule has 1 aromatic heterocycles. The van der Waals surface area contributed by atoms with Crippen molar-refractivity contribution in [3.8, 4) is 0 Å². The average Bonchev–Trinajstić information content (AvgIpc) is 2.61. The Labute approximate surface area is 82.5 Å². The van der Waals surface area contributed by atoms with Crippen LogP contribution >= 0.6 is 11.6 Å². The van der Waals surface area contributed by atoms with Crippen LogP contribution in [0.3, 0.4) is 0 Å². The van der Waals surface area contributed by atoms with Crippen LogP contribution in [0.15, 0.2) is 6.33 Å². The lowest BCUT2D eigenvalue weighted by molar-refractivity contribution is 0.218. The van der Waals surface area contributed by atoms with Crippen LogP contribution in [0.4, 0.5) is 0 Å². The summed E-state index contributed by atoms with van der Waals surface area (Å²) >= 11 is 5.64. The fraction of sp³-hybridized carbons (Fsp3) is 0.750. The molecule has 2 heterocycles. The van der Waals surface area contributed by atoms with E-state index in [2.05, 4.69) is 19.7 Å². The van der Waals surface area contributed by atoms with Crippen LogP contribution in [0, 0.1) is 0 Å². The largest absolute Gasteiger partial charge is 0.315 e. The number of aromatic nitrogens is 3. The average molecular weight is 201 g/mol. The van der Waals surface area contributed by atoms with E-state index >= 15 is 0 Å². The van der Waals surface area contributed by atoms with Crippen LogP contribution in [-0.4, -0.2) is 38.6 Å². The van der Waals surface area contributed by atoms with Crippen molar-refractivity contribution in [1.82, 2.24) is 19.7 Å². The number of fused-ring (bicyclic) bond motifs is 1. The third kappa shape index (κ3) is 2.00. The van der Waals surface area contributed by atoms with Gasteiger partial charge in [-0.15, -0.1) is 21.8 Å². The first-order valence-electron chi connectivity index (χ1n) is 4.55. The molecule has 4 nitrogen and oxygen atoms in total. The SMILES string of the molecule is ClCCCN1CCn2cnnc2C1. The zero-order valence-corrected chi connectivity index (χ0v) is 8.24. The quantitative estimate of drug-likeness (QED) is 0.675. The fourth-order valence-corrected chi connectivity index (χ4v) is 1.71. The summed E-state index contributed by atoms with van der Waals surface area (Å²) in [6.45, 7) is 4.07. The number of halogens is 1. The lowest BCUT2D eigenvalue weighted by atomic mass is 10.3. The van der Waals surface area contributed by atoms with Gasteiger partial charge in [-0.1, -0.05) is 0 Å². The van der Waals surface area contributed by atoms with E-state index in [0.29, 0.717) is 0 Å². The minimum atomic E-state index is 0.739. The van der Waals surface area contributed by atoms with Gasteiger partial charge >= 0.3 is 0 Å². The van der Waals surface area contributed by atoms with Gasteiger partial charge < -0.3 is 4.57 Å². The van der Waals surface area contributed by atoms with Crippen molar-refractivity contribution in [2.45, 2.75) is 19.5 Å². The first-order chi connectivity index (χ1) is 6.40. The molecule has 2 rings (SSSR count). The first-order valence-corrected chi connectivity index (χ1v) is 5.08. The molecule has 0 saturated heterocycles. The minimum Gasteiger partial charge on any atom is -0.315 e. The van der Waals surface area contributed by atoms with Gasteiger partial charge in [0.15, 0.2) is 0 Å². The standard InChI is InChI=1S/C8H13ClN4/c9-2-1-3-12-4-5-13-7-10-11-8(13)6-12/h7H,1-6H2. The molecule has 0 bridgehead atoms. The molecule has 13 heavy (non-hydrogen) atoms. The number of rotatable bonds is 3. The highest BCUT2D eigenvalue weighted by Gasteiger charge is 2.16. The molecule has 0 aliphatic carbocycles. The maximum Gasteiger partial charge on any atom is 0.147 e. The topological polar surface area (TPSA) is 34.0 Å². The molecule has 0 unspecified atom stereocenters. The molecule has 72 valence electrons. The van der Waals surface area contributed by atoms with Gasteiger partial charge in [0.05, 0.1) is 6.54 Å². The summed E-state index contributed by atoms with van der Waals surface area (Å²) in [6, 6.07) is 0. The third-order valence-electron chi connectivity index (χ3n) is 2.33. The van der Waals surface area contributed by atoms with Gasteiger partial charge in [0, 0.05) is 19.0 Å². The third-order valence-corrected chi connectivity index (χ3v) is 2.59. The molecule has 0 fully saturated rings. The van der Waals surface area contributed by atoms with Gasteiger partial charge in [-0.2, -0.15) is 0 Å². The molecule has 0 amide bonds. The highest BCUT2D eigenvalue weighted by atomic mass is 35.5. The Balaban J connectivity index is 1.93. The summed E-state index contributed by atoms with van der Waals surface area (Å²) in [7, 11) is 0. The van der Waals surface area contributed by atoms with Crippen molar-refractivity contribution in [2.75, 3.05) is 19.0 Å². The fourth-order valence-electron chi connectivity index (χ4n) is 1.59. The van der Waals surface area contributed by atoms with Gasteiger partial charge in [-0.05, 0) is 13.0 Å². The predicted molar refractivity (Wildman–Crippen MR) is 50.6 cm³/mol. The smallest absolute Gasteiger partial charge is 0.147 e. The lowest BCUT2D eigenvalue weighted by Crippen LogP contribution is -2.34. The normalized spacial score (nSPS) is 17.3. The second kappa shape index (κ2) is 4.07. The maximum atomic E-state index is 5.64. The molecule has 0 N–H and O–H groups in total. The monoisotopic (exact) mass is 200 g/mol. The molecule has 0 saturated carbocycles. The van der Waals surface area contributed by atoms with Crippen LogP contribution in [0.25, 0.3) is 0 Å². The molecular weight excluding hydrogens is 188 g/mol. The molecule has 0 spiro atoms. The zero-order chi connectivity index (χ0) is 9.10. The van der Waals surface area contributed by atoms with Crippen molar-refractivity contribution in [3.05, 3.63) is 12.2 Å². The Kier molecular flexibility index (Phi) is 2.80. The lowest BCUT2D eigenvalue weighted by Gasteiger charge is -2.26. The maximum absolute atomic E-state index is 5.64. The molecule has 1 aliphatic heterocycles. The summed E-state index contributed by atoms with van der Waals surface area (Å²) in [5.41, 5.74) is 0. The van der Waals surface area contributed by atoms with Crippen molar-refractivity contribution < 1.29 is 0 Å². The Morgan fingerprint density at radius 1 is 1.46 bits per heavy atom. The number of hydrogen-bond acceptors (Lipinski definition) is 3. The van der Waals surface area contributed by atoms with Crippen LogP contribution in [0.2, 0.25) is 0 Å². The van der Waals surface area contributed by atoms with E-state index < -0.39 is 0 Å². The summed E-state index contributed by atoms with van der Waals surface area (Å²) in [5.74, 6) is 1.81. The number of alkyl halides is 1. The van der Waals surface area contributed by atoms with Crippen molar-refractivity contribution in [1.29, 1.82) is 0 Å². The van der Waals surface area contributed by atoms with E-state index in [-0.39, 0.29) is 0 Å². The zero-order valence-electron chi connectivity index (χ0n) is 7.49. The van der Waals surface area contributed by atoms with Crippen LogP contribution in [-0.2, 0) is 13.1 Å². The van der Waals surface area contributed by atoms with Gasteiger partial charge in [-0.25, -0.2) is 0 Å². The Morgan fingerprint density at radius 3 is 3.23 bits per heavy atom. The Bertz CT molecular complexity index is 273. The summed E-state index contributed by atoms with van der Waals surface area (Å²) in [6.07, 6.45) is 2.85. The van der Waals surface area contributed by atoms with Crippen molar-refractivity contribution >= 4 is 11.6 Å². The summed E-state index contributed by atoms with van der Waals surface area (Å²) in [4.78, 5) is 2.37. The molecule has 0 radical (unpaired) electrons. The second-order valence-electron chi connectivity index (χ2n) is 3.26. The molecule has 0 atom stereocenters. The molecule has 1 aliphatic rings. The summed E-state index contributed by atoms with van der Waals surface area (Å²) < 4.78 is 2.11. The van der Waals surface area contributed by atoms with E-state index in [1.54, 1.807) is 6.33 Å². The molecule has 5 heteroatoms. The molecular formula is C8H13ClN4. The van der Waals surface area contributed by atoms with E-state index in [0.717, 1.165) is 44.3 Å². The Morgan fingerprint density at radius 2 is 2.38 bits per heavy atom. The Hall–Kier alpha value is -0.610. The van der Waals surface area contributed by atoms with Crippen LogP contribution in [0.5, 0.6) is 0 Å². The number of hydrogen-bond donors (Lipinski definition) is 0. The van der Waals surface area contributed by atoms with Gasteiger partial charge in [0.25, 0.3) is 0 Å². The first kappa shape index (κ1) is 8.97. The predicted octanol–water partition coefficient (Wildman–Crippen LogP) is 0.723. The van der Waals surface area contributed by atoms with Gasteiger partial charge in [0.2, 0.25) is 0 Å². The number of nitrogens with zero attached hydrogens (tertiary/aromatic N) is 4. The van der Waals surface area contributed by atoms with E-state index in [1.165, 1.54) is 0 Å². The second-order valence-corrected chi connectivity index (χ2v) is 3.64. The van der Waals surface area contributed by atoms with Gasteiger partial charge in [0.1, 0.15) is 12.2 Å². The van der Waals surface area contributed by atoms with Crippen molar-refractivity contribution in [3.63, 3.8) is 0 Å². The van der Waals surface area contributed by atoms with Gasteiger partial charge in [-0.3, -0.25) is 4.90 Å².